The van der Waals surface area contributed by atoms with Crippen LogP contribution in [-0.2, 0) is 9.59 Å². The molecular weight excluding hydrogens is 372 g/mol. The van der Waals surface area contributed by atoms with Crippen LogP contribution in [-0.4, -0.2) is 23.9 Å². The molecule has 4 rings (SSSR count). The number of amides is 1. The molecule has 29 heavy (non-hydrogen) atoms. The Labute approximate surface area is 167 Å². The predicted octanol–water partition coefficient (Wildman–Crippen LogP) is 2.07. The summed E-state index contributed by atoms with van der Waals surface area (Å²) in [7, 11) is 0. The number of carboxylic acid groups (broad SMARTS) is 1. The highest BCUT2D eigenvalue weighted by Gasteiger charge is 2.39. The maximum Gasteiger partial charge on any atom is 0.345 e. The Balaban J connectivity index is 1.60. The van der Waals surface area contributed by atoms with Gasteiger partial charge in [0.25, 0.3) is 0 Å². The fourth-order valence-corrected chi connectivity index (χ4v) is 4.00. The van der Waals surface area contributed by atoms with E-state index in [1.807, 2.05) is 18.2 Å². The van der Waals surface area contributed by atoms with E-state index < -0.39 is 18.0 Å². The number of carbonyl (C=O) groups is 3. The Hall–Kier alpha value is -3.61. The Morgan fingerprint density at radius 2 is 1.90 bits per heavy atom. The van der Waals surface area contributed by atoms with E-state index in [1.165, 1.54) is 6.92 Å². The Bertz CT molecular complexity index is 1010. The standard InChI is InChI=1S/C22H20N2O5/c1-12(25)23-13-8-10-14(11-9-13)29-22(28)18-7-3-5-16-15-4-2-6-17(15)20(21(26)27)24-19(16)18/h2-5,7-11,15,17,20,24H,6H2,1H3,(H,23,25)(H,26,27)/p-1/t15-,17-,20+/m1/s1. The van der Waals surface area contributed by atoms with Gasteiger partial charge < -0.3 is 25.3 Å². The van der Waals surface area contributed by atoms with Crippen LogP contribution < -0.4 is 20.5 Å². The number of carbonyl (C=O) groups excluding carboxylic acids is 3. The minimum atomic E-state index is -1.19. The first kappa shape index (κ1) is 18.7. The second-order valence-corrected chi connectivity index (χ2v) is 7.16. The number of hydrogen-bond donors (Lipinski definition) is 2. The quantitative estimate of drug-likeness (QED) is 0.469. The van der Waals surface area contributed by atoms with Crippen LogP contribution in [0, 0.1) is 5.92 Å². The van der Waals surface area contributed by atoms with Crippen LogP contribution in [0.15, 0.2) is 54.6 Å². The largest absolute Gasteiger partial charge is 0.548 e. The summed E-state index contributed by atoms with van der Waals surface area (Å²) < 4.78 is 5.46. The third kappa shape index (κ3) is 3.59. The first-order valence-corrected chi connectivity index (χ1v) is 9.31. The van der Waals surface area contributed by atoms with Crippen molar-refractivity contribution in [2.45, 2.75) is 25.3 Å². The van der Waals surface area contributed by atoms with E-state index in [-0.39, 0.29) is 23.3 Å². The van der Waals surface area contributed by atoms with Gasteiger partial charge in [0.1, 0.15) is 5.75 Å². The summed E-state index contributed by atoms with van der Waals surface area (Å²) in [5.41, 5.74) is 2.19. The average molecular weight is 391 g/mol. The van der Waals surface area contributed by atoms with Crippen molar-refractivity contribution in [2.24, 2.45) is 5.92 Å². The molecule has 1 heterocycles. The van der Waals surface area contributed by atoms with Gasteiger partial charge in [0.2, 0.25) is 5.91 Å². The van der Waals surface area contributed by atoms with Crippen LogP contribution in [0.4, 0.5) is 11.4 Å². The van der Waals surface area contributed by atoms with Crippen LogP contribution >= 0.6 is 0 Å². The van der Waals surface area contributed by atoms with E-state index in [1.54, 1.807) is 36.4 Å². The molecule has 0 bridgehead atoms. The van der Waals surface area contributed by atoms with Crippen molar-refractivity contribution in [2.75, 3.05) is 10.6 Å². The highest BCUT2D eigenvalue weighted by atomic mass is 16.5. The number of esters is 1. The summed E-state index contributed by atoms with van der Waals surface area (Å²) in [5.74, 6) is -1.89. The van der Waals surface area contributed by atoms with Gasteiger partial charge in [-0.15, -0.1) is 0 Å². The monoisotopic (exact) mass is 391 g/mol. The zero-order valence-electron chi connectivity index (χ0n) is 15.7. The van der Waals surface area contributed by atoms with Crippen molar-refractivity contribution < 1.29 is 24.2 Å². The number of hydrogen-bond acceptors (Lipinski definition) is 6. The molecule has 2 N–H and O–H groups in total. The molecule has 2 aliphatic rings. The zero-order chi connectivity index (χ0) is 20.5. The first-order valence-electron chi connectivity index (χ1n) is 9.31. The molecule has 0 fully saturated rings. The molecule has 7 heteroatoms. The summed E-state index contributed by atoms with van der Waals surface area (Å²) in [5, 5.41) is 17.3. The van der Waals surface area contributed by atoms with E-state index in [2.05, 4.69) is 10.6 Å². The van der Waals surface area contributed by atoms with E-state index in [4.69, 9.17) is 4.74 Å². The summed E-state index contributed by atoms with van der Waals surface area (Å²) >= 11 is 0. The zero-order valence-corrected chi connectivity index (χ0v) is 15.7. The second kappa shape index (κ2) is 7.43. The van der Waals surface area contributed by atoms with Crippen molar-refractivity contribution in [3.05, 3.63) is 65.7 Å². The molecule has 0 unspecified atom stereocenters. The van der Waals surface area contributed by atoms with Crippen LogP contribution in [0.5, 0.6) is 5.75 Å². The van der Waals surface area contributed by atoms with Crippen LogP contribution in [0.3, 0.4) is 0 Å². The highest BCUT2D eigenvalue weighted by molar-refractivity contribution is 5.99. The molecule has 0 saturated carbocycles. The van der Waals surface area contributed by atoms with Gasteiger partial charge in [-0.25, -0.2) is 4.79 Å². The molecule has 7 nitrogen and oxygen atoms in total. The second-order valence-electron chi connectivity index (χ2n) is 7.16. The number of carboxylic acids is 1. The summed E-state index contributed by atoms with van der Waals surface area (Å²) in [4.78, 5) is 35.5. The molecule has 0 spiro atoms. The number of benzene rings is 2. The summed E-state index contributed by atoms with van der Waals surface area (Å²) in [6.45, 7) is 1.41. The molecule has 2 aromatic rings. The molecule has 3 atom stereocenters. The lowest BCUT2D eigenvalue weighted by molar-refractivity contribution is -0.308. The lowest BCUT2D eigenvalue weighted by Crippen LogP contribution is -2.49. The maximum absolute atomic E-state index is 12.8. The maximum atomic E-state index is 12.8. The van der Waals surface area contributed by atoms with Gasteiger partial charge in [0.15, 0.2) is 0 Å². The van der Waals surface area contributed by atoms with Crippen molar-refractivity contribution in [1.29, 1.82) is 0 Å². The number of nitrogens with one attached hydrogen (secondary N) is 2. The lowest BCUT2D eigenvalue weighted by atomic mass is 9.78. The van der Waals surface area contributed by atoms with Crippen LogP contribution in [0.1, 0.15) is 35.2 Å². The number of fused-ring (bicyclic) bond motifs is 3. The van der Waals surface area contributed by atoms with Gasteiger partial charge in [-0.1, -0.05) is 24.3 Å². The van der Waals surface area contributed by atoms with E-state index >= 15 is 0 Å². The van der Waals surface area contributed by atoms with Gasteiger partial charge >= 0.3 is 5.97 Å². The fourth-order valence-electron chi connectivity index (χ4n) is 4.00. The number of anilines is 2. The third-order valence-electron chi connectivity index (χ3n) is 5.26. The molecule has 0 radical (unpaired) electrons. The predicted molar refractivity (Wildman–Crippen MR) is 105 cm³/mol. The van der Waals surface area contributed by atoms with Gasteiger partial charge in [-0.2, -0.15) is 0 Å². The number of allylic oxidation sites excluding steroid dienone is 2. The Morgan fingerprint density at radius 1 is 1.14 bits per heavy atom. The van der Waals surface area contributed by atoms with Crippen LogP contribution in [0.25, 0.3) is 0 Å². The average Bonchev–Trinajstić information content (AvgIpc) is 3.18. The van der Waals surface area contributed by atoms with Gasteiger partial charge in [0, 0.05) is 18.5 Å². The highest BCUT2D eigenvalue weighted by Crippen LogP contribution is 2.45. The van der Waals surface area contributed by atoms with E-state index in [9.17, 15) is 19.5 Å². The molecule has 1 amide bonds. The molecule has 148 valence electrons. The molecule has 0 aromatic heterocycles. The van der Waals surface area contributed by atoms with Crippen molar-refractivity contribution in [1.82, 2.24) is 0 Å². The number of ether oxygens (including phenoxy) is 1. The number of aliphatic carboxylic acids is 1. The molecule has 1 aliphatic carbocycles. The van der Waals surface area contributed by atoms with E-state index in [0.717, 1.165) is 5.56 Å². The van der Waals surface area contributed by atoms with Gasteiger partial charge in [0.05, 0.1) is 23.3 Å². The van der Waals surface area contributed by atoms with E-state index in [0.29, 0.717) is 23.5 Å². The Kier molecular flexibility index (Phi) is 4.80. The lowest BCUT2D eigenvalue weighted by Gasteiger charge is -2.38. The van der Waals surface area contributed by atoms with Crippen molar-refractivity contribution in [3.63, 3.8) is 0 Å². The smallest absolute Gasteiger partial charge is 0.345 e. The van der Waals surface area contributed by atoms with Crippen molar-refractivity contribution in [3.8, 4) is 5.75 Å². The molecule has 0 saturated heterocycles. The summed E-state index contributed by atoms with van der Waals surface area (Å²) in [6.07, 6.45) is 4.59. The van der Waals surface area contributed by atoms with Crippen molar-refractivity contribution >= 4 is 29.2 Å². The fraction of sp³-hybridized carbons (Fsp3) is 0.227. The number of para-hydroxylation sites is 1. The SMILES string of the molecule is CC(=O)Nc1ccc(OC(=O)c2cccc3c2N[C@H](C(=O)[O-])[C@@H]2CC=C[C@H]32)cc1. The minimum Gasteiger partial charge on any atom is -0.548 e. The Morgan fingerprint density at radius 3 is 2.59 bits per heavy atom. The topological polar surface area (TPSA) is 108 Å². The normalized spacial score (nSPS) is 21.5. The number of rotatable bonds is 4. The van der Waals surface area contributed by atoms with Gasteiger partial charge in [-0.05, 0) is 48.2 Å². The summed E-state index contributed by atoms with van der Waals surface area (Å²) in [6, 6.07) is 10.8. The minimum absolute atomic E-state index is 0.0844. The van der Waals surface area contributed by atoms with Crippen LogP contribution in [0.2, 0.25) is 0 Å². The third-order valence-corrected chi connectivity index (χ3v) is 5.26. The molecular formula is C22H19N2O5-. The van der Waals surface area contributed by atoms with Gasteiger partial charge in [-0.3, -0.25) is 4.79 Å². The first-order chi connectivity index (χ1) is 13.9. The molecule has 1 aliphatic heterocycles. The molecule has 2 aromatic carbocycles.